The van der Waals surface area contributed by atoms with Gasteiger partial charge in [-0.15, -0.1) is 0 Å². The van der Waals surface area contributed by atoms with Gasteiger partial charge in [-0.3, -0.25) is 9.59 Å². The third-order valence-corrected chi connectivity index (χ3v) is 4.30. The largest absolute Gasteiger partial charge is 0.481 e. The van der Waals surface area contributed by atoms with Crippen molar-refractivity contribution in [2.45, 2.75) is 25.8 Å². The van der Waals surface area contributed by atoms with Gasteiger partial charge in [-0.05, 0) is 31.4 Å². The van der Waals surface area contributed by atoms with Crippen molar-refractivity contribution in [3.63, 3.8) is 0 Å². The molecule has 24 heavy (non-hydrogen) atoms. The van der Waals surface area contributed by atoms with Crippen LogP contribution in [0, 0.1) is 17.7 Å². The van der Waals surface area contributed by atoms with Gasteiger partial charge in [-0.25, -0.2) is 4.39 Å². The van der Waals surface area contributed by atoms with Gasteiger partial charge in [0.25, 0.3) is 0 Å². The van der Waals surface area contributed by atoms with Crippen LogP contribution in [-0.4, -0.2) is 22.1 Å². The first kappa shape index (κ1) is 16.2. The Labute approximate surface area is 137 Å². The van der Waals surface area contributed by atoms with Gasteiger partial charge < -0.3 is 14.9 Å². The number of rotatable bonds is 5. The summed E-state index contributed by atoms with van der Waals surface area (Å²) >= 11 is 0. The predicted molar refractivity (Wildman–Crippen MR) is 82.2 cm³/mol. The number of aromatic nitrogens is 1. The fourth-order valence-electron chi connectivity index (χ4n) is 2.95. The van der Waals surface area contributed by atoms with E-state index in [1.165, 1.54) is 6.07 Å². The molecule has 2 N–H and O–H groups in total. The third kappa shape index (κ3) is 3.45. The number of aliphatic carboxylic acids is 1. The van der Waals surface area contributed by atoms with Gasteiger partial charge >= 0.3 is 5.97 Å². The Kier molecular flexibility index (Phi) is 4.59. The third-order valence-electron chi connectivity index (χ3n) is 4.30. The molecule has 1 heterocycles. The number of halogens is 1. The molecule has 126 valence electrons. The standard InChI is InChI=1S/C17H17FN2O4/c18-14-4-2-1-3-13(14)15-8-12(24-20-15)9-19-16(21)10-5-6-11(7-10)17(22)23/h1-4,8,10-11H,5-7,9H2,(H,19,21)(H,22,23)/t10-,11+/m0/s1. The van der Waals surface area contributed by atoms with Gasteiger partial charge in [-0.2, -0.15) is 0 Å². The molecule has 1 aliphatic carbocycles. The molecule has 1 fully saturated rings. The van der Waals surface area contributed by atoms with E-state index in [1.807, 2.05) is 0 Å². The lowest BCUT2D eigenvalue weighted by molar-refractivity contribution is -0.141. The minimum Gasteiger partial charge on any atom is -0.481 e. The first-order valence-electron chi connectivity index (χ1n) is 7.75. The summed E-state index contributed by atoms with van der Waals surface area (Å²) in [7, 11) is 0. The number of hydrogen-bond donors (Lipinski definition) is 2. The van der Waals surface area contributed by atoms with Crippen LogP contribution in [0.3, 0.4) is 0 Å². The Morgan fingerprint density at radius 3 is 2.75 bits per heavy atom. The van der Waals surface area contributed by atoms with Crippen molar-refractivity contribution in [3.8, 4) is 11.3 Å². The Balaban J connectivity index is 1.57. The minimum atomic E-state index is -0.852. The monoisotopic (exact) mass is 332 g/mol. The summed E-state index contributed by atoms with van der Waals surface area (Å²) in [5.41, 5.74) is 0.697. The molecule has 2 aromatic rings. The maximum atomic E-state index is 13.7. The first-order chi connectivity index (χ1) is 11.5. The molecule has 0 bridgehead atoms. The summed E-state index contributed by atoms with van der Waals surface area (Å²) in [6.45, 7) is 0.133. The van der Waals surface area contributed by atoms with Crippen molar-refractivity contribution in [1.82, 2.24) is 10.5 Å². The van der Waals surface area contributed by atoms with Crippen LogP contribution in [0.4, 0.5) is 4.39 Å². The van der Waals surface area contributed by atoms with E-state index in [0.717, 1.165) is 0 Å². The summed E-state index contributed by atoms with van der Waals surface area (Å²) in [5, 5.41) is 15.5. The molecule has 0 unspecified atom stereocenters. The summed E-state index contributed by atoms with van der Waals surface area (Å²) in [6, 6.07) is 7.80. The Morgan fingerprint density at radius 1 is 1.29 bits per heavy atom. The average molecular weight is 332 g/mol. The van der Waals surface area contributed by atoms with Crippen molar-refractivity contribution >= 4 is 11.9 Å². The Bertz CT molecular complexity index is 759. The zero-order chi connectivity index (χ0) is 17.1. The highest BCUT2D eigenvalue weighted by molar-refractivity contribution is 5.80. The summed E-state index contributed by atoms with van der Waals surface area (Å²) in [5.74, 6) is -1.77. The molecule has 0 radical (unpaired) electrons. The number of carboxylic acids is 1. The van der Waals surface area contributed by atoms with E-state index in [-0.39, 0.29) is 18.4 Å². The van der Waals surface area contributed by atoms with Crippen LogP contribution in [0.1, 0.15) is 25.0 Å². The van der Waals surface area contributed by atoms with Gasteiger partial charge in [0.1, 0.15) is 11.5 Å². The number of nitrogens with one attached hydrogen (secondary N) is 1. The molecule has 1 amide bonds. The maximum absolute atomic E-state index is 13.7. The molecule has 1 aromatic carbocycles. The maximum Gasteiger partial charge on any atom is 0.306 e. The molecular formula is C17H17FN2O4. The van der Waals surface area contributed by atoms with Crippen LogP contribution in [0.2, 0.25) is 0 Å². The summed E-state index contributed by atoms with van der Waals surface area (Å²) in [4.78, 5) is 23.0. The minimum absolute atomic E-state index is 0.133. The molecular weight excluding hydrogens is 315 g/mol. The van der Waals surface area contributed by atoms with Crippen LogP contribution < -0.4 is 5.32 Å². The zero-order valence-corrected chi connectivity index (χ0v) is 12.9. The fourth-order valence-corrected chi connectivity index (χ4v) is 2.95. The van der Waals surface area contributed by atoms with Crippen molar-refractivity contribution < 1.29 is 23.6 Å². The van der Waals surface area contributed by atoms with Crippen molar-refractivity contribution in [1.29, 1.82) is 0 Å². The number of benzene rings is 1. The lowest BCUT2D eigenvalue weighted by Crippen LogP contribution is -2.29. The van der Waals surface area contributed by atoms with E-state index in [1.54, 1.807) is 24.3 Å². The normalized spacial score (nSPS) is 20.0. The highest BCUT2D eigenvalue weighted by Crippen LogP contribution is 2.31. The van der Waals surface area contributed by atoms with Gasteiger partial charge in [0, 0.05) is 17.5 Å². The second-order valence-electron chi connectivity index (χ2n) is 5.92. The van der Waals surface area contributed by atoms with Crippen molar-refractivity contribution in [2.75, 3.05) is 0 Å². The second kappa shape index (κ2) is 6.82. The fraction of sp³-hybridized carbons (Fsp3) is 0.353. The van der Waals surface area contributed by atoms with Crippen molar-refractivity contribution in [3.05, 3.63) is 41.9 Å². The van der Waals surface area contributed by atoms with E-state index < -0.39 is 17.7 Å². The van der Waals surface area contributed by atoms with Crippen molar-refractivity contribution in [2.24, 2.45) is 11.8 Å². The Hall–Kier alpha value is -2.70. The number of hydrogen-bond acceptors (Lipinski definition) is 4. The van der Waals surface area contributed by atoms with Crippen LogP contribution in [0.5, 0.6) is 0 Å². The molecule has 0 saturated heterocycles. The number of carboxylic acid groups (broad SMARTS) is 1. The van der Waals surface area contributed by atoms with Crippen LogP contribution >= 0.6 is 0 Å². The lowest BCUT2D eigenvalue weighted by Gasteiger charge is -2.09. The quantitative estimate of drug-likeness (QED) is 0.878. The van der Waals surface area contributed by atoms with E-state index >= 15 is 0 Å². The highest BCUT2D eigenvalue weighted by atomic mass is 19.1. The van der Waals surface area contributed by atoms with Gasteiger partial charge in [0.2, 0.25) is 5.91 Å². The van der Waals surface area contributed by atoms with Crippen LogP contribution in [0.25, 0.3) is 11.3 Å². The smallest absolute Gasteiger partial charge is 0.306 e. The molecule has 1 aromatic heterocycles. The molecule has 6 nitrogen and oxygen atoms in total. The SMILES string of the molecule is O=C(O)[C@@H]1CC[C@H](C(=O)NCc2cc(-c3ccccc3F)no2)C1. The molecule has 3 rings (SSSR count). The zero-order valence-electron chi connectivity index (χ0n) is 12.9. The molecule has 7 heteroatoms. The number of nitrogens with zero attached hydrogens (tertiary/aromatic N) is 1. The molecule has 1 aliphatic rings. The number of amides is 1. The van der Waals surface area contributed by atoms with Gasteiger partial charge in [0.15, 0.2) is 5.76 Å². The second-order valence-corrected chi connectivity index (χ2v) is 5.92. The van der Waals surface area contributed by atoms with E-state index in [0.29, 0.717) is 36.3 Å². The highest BCUT2D eigenvalue weighted by Gasteiger charge is 2.33. The first-order valence-corrected chi connectivity index (χ1v) is 7.75. The summed E-state index contributed by atoms with van der Waals surface area (Å²) < 4.78 is 18.8. The van der Waals surface area contributed by atoms with Gasteiger partial charge in [0.05, 0.1) is 12.5 Å². The lowest BCUT2D eigenvalue weighted by atomic mass is 10.0. The molecule has 2 atom stereocenters. The van der Waals surface area contributed by atoms with Gasteiger partial charge in [-0.1, -0.05) is 17.3 Å². The Morgan fingerprint density at radius 2 is 2.04 bits per heavy atom. The summed E-state index contributed by atoms with van der Waals surface area (Å²) in [6.07, 6.45) is 1.45. The molecule has 0 spiro atoms. The van der Waals surface area contributed by atoms with E-state index in [9.17, 15) is 14.0 Å². The van der Waals surface area contributed by atoms with Crippen LogP contribution in [0.15, 0.2) is 34.9 Å². The van der Waals surface area contributed by atoms with E-state index in [2.05, 4.69) is 10.5 Å². The van der Waals surface area contributed by atoms with Crippen LogP contribution in [-0.2, 0) is 16.1 Å². The number of carbonyl (C=O) groups excluding carboxylic acids is 1. The predicted octanol–water partition coefficient (Wildman–Crippen LogP) is 2.60. The molecule has 1 saturated carbocycles. The van der Waals surface area contributed by atoms with E-state index in [4.69, 9.17) is 9.63 Å². The number of carbonyl (C=O) groups is 2. The topological polar surface area (TPSA) is 92.4 Å². The average Bonchev–Trinajstić information content (AvgIpc) is 3.22. The molecule has 0 aliphatic heterocycles.